The summed E-state index contributed by atoms with van der Waals surface area (Å²) in [6, 6.07) is 3.92. The molecule has 0 spiro atoms. The van der Waals surface area contributed by atoms with E-state index in [2.05, 4.69) is 9.71 Å². The van der Waals surface area contributed by atoms with Crippen LogP contribution in [0.5, 0.6) is 0 Å². The van der Waals surface area contributed by atoms with Gasteiger partial charge in [-0.3, -0.25) is 4.72 Å². The number of halogens is 1. The molecule has 2 rings (SSSR count). The first-order valence-electron chi connectivity index (χ1n) is 4.66. The van der Waals surface area contributed by atoms with Crippen LogP contribution in [0, 0.1) is 12.7 Å². The summed E-state index contributed by atoms with van der Waals surface area (Å²) in [7, 11) is -3.92. The molecule has 4 nitrogen and oxygen atoms in total. The number of benzene rings is 1. The molecular weight excluding hydrogens is 263 g/mol. The molecule has 1 aromatic carbocycles. The Morgan fingerprint density at radius 1 is 1.41 bits per heavy atom. The second kappa shape index (κ2) is 4.42. The van der Waals surface area contributed by atoms with E-state index in [0.29, 0.717) is 5.56 Å². The largest absolute Gasteiger partial charge is 0.266 e. The third-order valence-electron chi connectivity index (χ3n) is 2.05. The molecule has 0 aliphatic rings. The third kappa shape index (κ3) is 2.62. The van der Waals surface area contributed by atoms with Crippen LogP contribution in [-0.4, -0.2) is 13.4 Å². The maximum Gasteiger partial charge on any atom is 0.266 e. The average molecular weight is 272 g/mol. The lowest BCUT2D eigenvalue weighted by atomic mass is 10.2. The highest BCUT2D eigenvalue weighted by molar-refractivity contribution is 7.92. The highest BCUT2D eigenvalue weighted by Gasteiger charge is 2.19. The zero-order valence-corrected chi connectivity index (χ0v) is 10.5. The number of thiazole rings is 1. The Bertz CT molecular complexity index is 624. The van der Waals surface area contributed by atoms with Crippen molar-refractivity contribution in [2.75, 3.05) is 4.72 Å². The number of aryl methyl sites for hydroxylation is 1. The number of aromatic nitrogens is 1. The quantitative estimate of drug-likeness (QED) is 0.933. The van der Waals surface area contributed by atoms with Crippen molar-refractivity contribution in [1.82, 2.24) is 4.98 Å². The van der Waals surface area contributed by atoms with Crippen molar-refractivity contribution in [3.8, 4) is 0 Å². The molecule has 1 aromatic heterocycles. The Labute approximate surface area is 102 Å². The Hall–Kier alpha value is -1.47. The van der Waals surface area contributed by atoms with Crippen molar-refractivity contribution in [3.05, 3.63) is 40.5 Å². The summed E-state index contributed by atoms with van der Waals surface area (Å²) in [5.74, 6) is -0.589. The molecule has 90 valence electrons. The van der Waals surface area contributed by atoms with Gasteiger partial charge in [0.1, 0.15) is 10.7 Å². The van der Waals surface area contributed by atoms with E-state index < -0.39 is 15.8 Å². The summed E-state index contributed by atoms with van der Waals surface area (Å²) in [6.45, 7) is 1.70. The molecule has 0 atom stereocenters. The first kappa shape index (κ1) is 12.0. The van der Waals surface area contributed by atoms with Crippen LogP contribution in [-0.2, 0) is 10.0 Å². The van der Waals surface area contributed by atoms with Gasteiger partial charge in [0.2, 0.25) is 0 Å². The zero-order valence-electron chi connectivity index (χ0n) is 8.84. The SMILES string of the molecule is Cc1ccc(F)c(S(=O)(=O)Nc2cscn2)c1. The van der Waals surface area contributed by atoms with Crippen LogP contribution in [0.25, 0.3) is 0 Å². The fourth-order valence-electron chi connectivity index (χ4n) is 1.27. The molecule has 1 heterocycles. The van der Waals surface area contributed by atoms with Gasteiger partial charge in [-0.15, -0.1) is 11.3 Å². The van der Waals surface area contributed by atoms with Gasteiger partial charge in [0.15, 0.2) is 5.82 Å². The van der Waals surface area contributed by atoms with Gasteiger partial charge >= 0.3 is 0 Å². The van der Waals surface area contributed by atoms with E-state index in [0.717, 1.165) is 6.07 Å². The van der Waals surface area contributed by atoms with Crippen LogP contribution in [0.2, 0.25) is 0 Å². The van der Waals surface area contributed by atoms with Crippen molar-refractivity contribution < 1.29 is 12.8 Å². The summed E-state index contributed by atoms with van der Waals surface area (Å²) in [5, 5.41) is 1.53. The number of hydrogen-bond donors (Lipinski definition) is 1. The normalized spacial score (nSPS) is 11.4. The van der Waals surface area contributed by atoms with Gasteiger partial charge in [-0.2, -0.15) is 0 Å². The number of nitrogens with zero attached hydrogens (tertiary/aromatic N) is 1. The molecule has 0 unspecified atom stereocenters. The molecule has 0 saturated carbocycles. The van der Waals surface area contributed by atoms with E-state index in [9.17, 15) is 12.8 Å². The summed E-state index contributed by atoms with van der Waals surface area (Å²) in [4.78, 5) is 3.41. The summed E-state index contributed by atoms with van der Waals surface area (Å²) in [5.41, 5.74) is 2.16. The maximum absolute atomic E-state index is 13.5. The van der Waals surface area contributed by atoms with Gasteiger partial charge in [-0.1, -0.05) is 6.07 Å². The molecule has 0 amide bonds. The topological polar surface area (TPSA) is 59.1 Å². The molecule has 1 N–H and O–H groups in total. The van der Waals surface area contributed by atoms with Gasteiger partial charge in [-0.25, -0.2) is 17.8 Å². The van der Waals surface area contributed by atoms with Gasteiger partial charge in [0.25, 0.3) is 10.0 Å². The van der Waals surface area contributed by atoms with E-state index in [-0.39, 0.29) is 10.7 Å². The van der Waals surface area contributed by atoms with Gasteiger partial charge in [-0.05, 0) is 24.6 Å². The fourth-order valence-corrected chi connectivity index (χ4v) is 2.99. The van der Waals surface area contributed by atoms with Crippen LogP contribution < -0.4 is 4.72 Å². The lowest BCUT2D eigenvalue weighted by Gasteiger charge is -2.07. The molecule has 0 fully saturated rings. The molecule has 2 aromatic rings. The van der Waals surface area contributed by atoms with E-state index in [1.54, 1.807) is 6.92 Å². The minimum atomic E-state index is -3.92. The smallest absolute Gasteiger partial charge is 0.263 e. The fraction of sp³-hybridized carbons (Fsp3) is 0.100. The number of rotatable bonds is 3. The lowest BCUT2D eigenvalue weighted by Crippen LogP contribution is -2.14. The number of sulfonamides is 1. The second-order valence-corrected chi connectivity index (χ2v) is 5.78. The van der Waals surface area contributed by atoms with E-state index in [1.165, 1.54) is 34.4 Å². The third-order valence-corrected chi connectivity index (χ3v) is 4.00. The van der Waals surface area contributed by atoms with Crippen LogP contribution in [0.3, 0.4) is 0 Å². The summed E-state index contributed by atoms with van der Waals surface area (Å²) in [6.07, 6.45) is 0. The van der Waals surface area contributed by atoms with Crippen LogP contribution >= 0.6 is 11.3 Å². The predicted octanol–water partition coefficient (Wildman–Crippen LogP) is 2.39. The van der Waals surface area contributed by atoms with Gasteiger partial charge < -0.3 is 0 Å². The molecule has 0 saturated heterocycles. The van der Waals surface area contributed by atoms with Gasteiger partial charge in [0, 0.05) is 5.38 Å². The lowest BCUT2D eigenvalue weighted by molar-refractivity contribution is 0.569. The van der Waals surface area contributed by atoms with Crippen LogP contribution in [0.15, 0.2) is 34.0 Å². The maximum atomic E-state index is 13.5. The minimum absolute atomic E-state index is 0.191. The van der Waals surface area contributed by atoms with Crippen molar-refractivity contribution in [2.45, 2.75) is 11.8 Å². The Morgan fingerprint density at radius 3 is 2.82 bits per heavy atom. The van der Waals surface area contributed by atoms with Crippen molar-refractivity contribution in [2.24, 2.45) is 0 Å². The van der Waals surface area contributed by atoms with Crippen molar-refractivity contribution >= 4 is 27.2 Å². The predicted molar refractivity (Wildman–Crippen MR) is 64.1 cm³/mol. The molecule has 0 aliphatic heterocycles. The second-order valence-electron chi connectivity index (χ2n) is 3.41. The van der Waals surface area contributed by atoms with E-state index in [1.807, 2.05) is 0 Å². The summed E-state index contributed by atoms with van der Waals surface area (Å²) >= 11 is 1.25. The number of hydrogen-bond acceptors (Lipinski definition) is 4. The van der Waals surface area contributed by atoms with Crippen molar-refractivity contribution in [1.29, 1.82) is 0 Å². The number of nitrogens with one attached hydrogen (secondary N) is 1. The number of anilines is 1. The zero-order chi connectivity index (χ0) is 12.5. The Morgan fingerprint density at radius 2 is 2.18 bits per heavy atom. The first-order chi connectivity index (χ1) is 7.99. The highest BCUT2D eigenvalue weighted by atomic mass is 32.2. The molecule has 7 heteroatoms. The molecule has 0 radical (unpaired) electrons. The standard InChI is InChI=1S/C10H9FN2O2S2/c1-7-2-3-8(11)9(4-7)17(14,15)13-10-5-16-6-12-10/h2-6,13H,1H3. The molecule has 0 bridgehead atoms. The van der Waals surface area contributed by atoms with Gasteiger partial charge in [0.05, 0.1) is 5.51 Å². The molecule has 0 aliphatic carbocycles. The first-order valence-corrected chi connectivity index (χ1v) is 7.09. The minimum Gasteiger partial charge on any atom is -0.263 e. The van der Waals surface area contributed by atoms with Crippen LogP contribution in [0.1, 0.15) is 5.56 Å². The molecule has 17 heavy (non-hydrogen) atoms. The Balaban J connectivity index is 2.41. The van der Waals surface area contributed by atoms with E-state index >= 15 is 0 Å². The van der Waals surface area contributed by atoms with Crippen molar-refractivity contribution in [3.63, 3.8) is 0 Å². The molecular formula is C10H9FN2O2S2. The van der Waals surface area contributed by atoms with Crippen LogP contribution in [0.4, 0.5) is 10.2 Å². The highest BCUT2D eigenvalue weighted by Crippen LogP contribution is 2.19. The average Bonchev–Trinajstić information content (AvgIpc) is 2.73. The summed E-state index contributed by atoms with van der Waals surface area (Å²) < 4.78 is 39.4. The monoisotopic (exact) mass is 272 g/mol. The Kier molecular flexibility index (Phi) is 3.12. The van der Waals surface area contributed by atoms with E-state index in [4.69, 9.17) is 0 Å².